The molecule has 2 aromatic heterocycles. The van der Waals surface area contributed by atoms with Gasteiger partial charge in [-0.25, -0.2) is 9.97 Å². The maximum absolute atomic E-state index is 4.50. The second-order valence-electron chi connectivity index (χ2n) is 4.16. The number of pyridine rings is 1. The Morgan fingerprint density at radius 2 is 2.22 bits per heavy atom. The summed E-state index contributed by atoms with van der Waals surface area (Å²) in [6, 6.07) is 2.10. The number of nitrogens with one attached hydrogen (secondary N) is 1. The van der Waals surface area contributed by atoms with E-state index < -0.39 is 0 Å². The van der Waals surface area contributed by atoms with Crippen LogP contribution in [0.5, 0.6) is 0 Å². The molecule has 0 unspecified atom stereocenters. The van der Waals surface area contributed by atoms with E-state index in [1.165, 1.54) is 5.56 Å². The summed E-state index contributed by atoms with van der Waals surface area (Å²) in [7, 11) is 0. The summed E-state index contributed by atoms with van der Waals surface area (Å²) in [5.41, 5.74) is 1.17. The fourth-order valence-electron chi connectivity index (χ4n) is 1.82. The average molecular weight is 309 g/mol. The van der Waals surface area contributed by atoms with Crippen LogP contribution in [0.4, 0.5) is 0 Å². The number of imidazole rings is 1. The lowest BCUT2D eigenvalue weighted by Crippen LogP contribution is -2.16. The van der Waals surface area contributed by atoms with Crippen molar-refractivity contribution in [3.63, 3.8) is 0 Å². The number of halogens is 1. The zero-order valence-corrected chi connectivity index (χ0v) is 12.2. The Labute approximate surface area is 116 Å². The Morgan fingerprint density at radius 1 is 1.39 bits per heavy atom. The second-order valence-corrected chi connectivity index (χ2v) is 5.07. The molecule has 2 rings (SSSR count). The third-order valence-corrected chi connectivity index (χ3v) is 3.14. The zero-order chi connectivity index (χ0) is 13.0. The number of rotatable bonds is 5. The first-order valence-electron chi connectivity index (χ1n) is 6.08. The van der Waals surface area contributed by atoms with Crippen LogP contribution < -0.4 is 5.32 Å². The van der Waals surface area contributed by atoms with Gasteiger partial charge in [-0.1, -0.05) is 6.92 Å². The predicted molar refractivity (Wildman–Crippen MR) is 75.8 cm³/mol. The van der Waals surface area contributed by atoms with Crippen LogP contribution in [0.15, 0.2) is 29.1 Å². The summed E-state index contributed by atoms with van der Waals surface area (Å²) in [6.45, 7) is 5.96. The minimum Gasteiger partial charge on any atom is -0.313 e. The van der Waals surface area contributed by atoms with Gasteiger partial charge in [0, 0.05) is 35.2 Å². The molecule has 18 heavy (non-hydrogen) atoms. The van der Waals surface area contributed by atoms with Gasteiger partial charge in [-0.05, 0) is 41.9 Å². The molecule has 0 saturated heterocycles. The molecule has 1 N–H and O–H groups in total. The van der Waals surface area contributed by atoms with E-state index in [9.17, 15) is 0 Å². The van der Waals surface area contributed by atoms with Gasteiger partial charge in [0.1, 0.15) is 11.6 Å². The fraction of sp³-hybridized carbons (Fsp3) is 0.385. The highest BCUT2D eigenvalue weighted by Gasteiger charge is 2.08. The van der Waals surface area contributed by atoms with Crippen molar-refractivity contribution in [2.24, 2.45) is 0 Å². The van der Waals surface area contributed by atoms with Gasteiger partial charge in [0.25, 0.3) is 0 Å². The molecule has 0 aliphatic carbocycles. The molecule has 0 amide bonds. The number of aryl methyl sites for hydroxylation is 1. The quantitative estimate of drug-likeness (QED) is 0.864. The van der Waals surface area contributed by atoms with Crippen molar-refractivity contribution in [2.45, 2.75) is 26.8 Å². The van der Waals surface area contributed by atoms with E-state index in [0.717, 1.165) is 35.6 Å². The summed E-state index contributed by atoms with van der Waals surface area (Å²) < 4.78 is 3.01. The highest BCUT2D eigenvalue weighted by molar-refractivity contribution is 9.10. The second kappa shape index (κ2) is 6.11. The Kier molecular flexibility index (Phi) is 4.49. The molecule has 0 aromatic carbocycles. The largest absolute Gasteiger partial charge is 0.313 e. The minimum absolute atomic E-state index is 0.813. The van der Waals surface area contributed by atoms with E-state index in [-0.39, 0.29) is 0 Å². The van der Waals surface area contributed by atoms with Crippen LogP contribution in [0, 0.1) is 6.92 Å². The van der Waals surface area contributed by atoms with Crippen molar-refractivity contribution in [2.75, 3.05) is 6.54 Å². The third-order valence-electron chi connectivity index (χ3n) is 2.71. The number of aromatic nitrogens is 3. The third kappa shape index (κ3) is 2.97. The van der Waals surface area contributed by atoms with Gasteiger partial charge in [-0.3, -0.25) is 4.57 Å². The highest BCUT2D eigenvalue weighted by atomic mass is 79.9. The smallest absolute Gasteiger partial charge is 0.142 e. The SMILES string of the molecule is CCCNCc1cc(Br)cnc1-n1ccnc1C. The molecule has 0 spiro atoms. The van der Waals surface area contributed by atoms with Crippen LogP contribution in [-0.4, -0.2) is 21.1 Å². The summed E-state index contributed by atoms with van der Waals surface area (Å²) in [4.78, 5) is 8.74. The normalized spacial score (nSPS) is 10.8. The molecule has 0 atom stereocenters. The van der Waals surface area contributed by atoms with Crippen LogP contribution in [0.1, 0.15) is 24.7 Å². The Balaban J connectivity index is 2.32. The van der Waals surface area contributed by atoms with E-state index in [2.05, 4.69) is 44.2 Å². The lowest BCUT2D eigenvalue weighted by molar-refractivity contribution is 0.669. The zero-order valence-electron chi connectivity index (χ0n) is 10.7. The highest BCUT2D eigenvalue weighted by Crippen LogP contribution is 2.18. The molecule has 0 radical (unpaired) electrons. The summed E-state index contributed by atoms with van der Waals surface area (Å²) in [5, 5.41) is 3.41. The number of hydrogen-bond acceptors (Lipinski definition) is 3. The molecule has 2 heterocycles. The van der Waals surface area contributed by atoms with Gasteiger partial charge < -0.3 is 5.32 Å². The van der Waals surface area contributed by atoms with Gasteiger partial charge >= 0.3 is 0 Å². The molecule has 0 aliphatic heterocycles. The van der Waals surface area contributed by atoms with Gasteiger partial charge in [-0.2, -0.15) is 0 Å². The first kappa shape index (κ1) is 13.2. The topological polar surface area (TPSA) is 42.7 Å². The summed E-state index contributed by atoms with van der Waals surface area (Å²) >= 11 is 3.47. The monoisotopic (exact) mass is 308 g/mol. The van der Waals surface area contributed by atoms with Crippen LogP contribution in [0.2, 0.25) is 0 Å². The maximum atomic E-state index is 4.50. The molecule has 0 aliphatic rings. The first-order chi connectivity index (χ1) is 8.72. The molecular formula is C13H17BrN4. The Hall–Kier alpha value is -1.20. The van der Waals surface area contributed by atoms with Crippen molar-refractivity contribution >= 4 is 15.9 Å². The van der Waals surface area contributed by atoms with Gasteiger partial charge in [0.2, 0.25) is 0 Å². The summed E-state index contributed by atoms with van der Waals surface area (Å²) in [5.74, 6) is 1.89. The van der Waals surface area contributed by atoms with E-state index in [1.54, 1.807) is 6.20 Å². The summed E-state index contributed by atoms with van der Waals surface area (Å²) in [6.07, 6.45) is 6.68. The van der Waals surface area contributed by atoms with Crippen LogP contribution in [0.25, 0.3) is 5.82 Å². The average Bonchev–Trinajstić information content (AvgIpc) is 2.76. The van der Waals surface area contributed by atoms with Gasteiger partial charge in [0.15, 0.2) is 0 Å². The molecule has 5 heteroatoms. The molecule has 2 aromatic rings. The van der Waals surface area contributed by atoms with Crippen molar-refractivity contribution in [3.8, 4) is 5.82 Å². The van der Waals surface area contributed by atoms with Crippen LogP contribution in [-0.2, 0) is 6.54 Å². The van der Waals surface area contributed by atoms with Crippen molar-refractivity contribution in [3.05, 3.63) is 40.5 Å². The number of hydrogen-bond donors (Lipinski definition) is 1. The standard InChI is InChI=1S/C13H17BrN4/c1-3-4-15-8-11-7-12(14)9-17-13(11)18-6-5-16-10(18)2/h5-7,9,15H,3-4,8H2,1-2H3. The minimum atomic E-state index is 0.813. The Bertz CT molecular complexity index is 521. The molecule has 0 bridgehead atoms. The first-order valence-corrected chi connectivity index (χ1v) is 6.87. The van der Waals surface area contributed by atoms with E-state index >= 15 is 0 Å². The number of nitrogens with zero attached hydrogens (tertiary/aromatic N) is 3. The maximum Gasteiger partial charge on any atom is 0.142 e. The molecule has 4 nitrogen and oxygen atoms in total. The van der Waals surface area contributed by atoms with Crippen LogP contribution >= 0.6 is 15.9 Å². The van der Waals surface area contributed by atoms with E-state index in [0.29, 0.717) is 0 Å². The lowest BCUT2D eigenvalue weighted by atomic mass is 10.2. The molecule has 96 valence electrons. The molecule has 0 fully saturated rings. The predicted octanol–water partition coefficient (Wildman–Crippen LogP) is 2.84. The van der Waals surface area contributed by atoms with Crippen molar-refractivity contribution < 1.29 is 0 Å². The fourth-order valence-corrected chi connectivity index (χ4v) is 2.20. The van der Waals surface area contributed by atoms with Crippen molar-refractivity contribution in [1.29, 1.82) is 0 Å². The van der Waals surface area contributed by atoms with Gasteiger partial charge in [-0.15, -0.1) is 0 Å². The van der Waals surface area contributed by atoms with Crippen LogP contribution in [0.3, 0.4) is 0 Å². The van der Waals surface area contributed by atoms with E-state index in [4.69, 9.17) is 0 Å². The molecule has 0 saturated carbocycles. The Morgan fingerprint density at radius 3 is 2.89 bits per heavy atom. The lowest BCUT2D eigenvalue weighted by Gasteiger charge is -2.11. The van der Waals surface area contributed by atoms with Crippen molar-refractivity contribution in [1.82, 2.24) is 19.9 Å². The van der Waals surface area contributed by atoms with Gasteiger partial charge in [0.05, 0.1) is 0 Å². The van der Waals surface area contributed by atoms with E-state index in [1.807, 2.05) is 23.9 Å². The molecular weight excluding hydrogens is 292 g/mol.